The second-order valence-corrected chi connectivity index (χ2v) is 5.42. The lowest BCUT2D eigenvalue weighted by Crippen LogP contribution is -2.33. The SMILES string of the molecule is CC(C)(C)C(=O)[C@H]1CC[C@@H](O[N+](=O)[O-])CC1. The molecule has 1 fully saturated rings. The standard InChI is InChI=1S/C11H19NO4/c1-11(2,3)10(13)8-4-6-9(7-5-8)16-12(14)15/h8-9H,4-7H2,1-3H3/t8-,9+. The normalized spacial score (nSPS) is 26.2. The van der Waals surface area contributed by atoms with E-state index in [0.29, 0.717) is 25.7 Å². The lowest BCUT2D eigenvalue weighted by Gasteiger charge is -2.30. The molecule has 1 aliphatic carbocycles. The monoisotopic (exact) mass is 229 g/mol. The Morgan fingerprint density at radius 2 is 1.75 bits per heavy atom. The van der Waals surface area contributed by atoms with E-state index in [1.54, 1.807) is 0 Å². The highest BCUT2D eigenvalue weighted by molar-refractivity contribution is 5.85. The van der Waals surface area contributed by atoms with E-state index in [-0.39, 0.29) is 23.2 Å². The van der Waals surface area contributed by atoms with Crippen LogP contribution in [0, 0.1) is 21.4 Å². The minimum atomic E-state index is -0.740. The number of carbonyl (C=O) groups excluding carboxylic acids is 1. The van der Waals surface area contributed by atoms with Gasteiger partial charge in [0.1, 0.15) is 11.9 Å². The lowest BCUT2D eigenvalue weighted by molar-refractivity contribution is -0.769. The van der Waals surface area contributed by atoms with E-state index < -0.39 is 5.09 Å². The van der Waals surface area contributed by atoms with Gasteiger partial charge in [0, 0.05) is 11.3 Å². The largest absolute Gasteiger partial charge is 0.311 e. The Bertz CT molecular complexity index is 274. The molecule has 0 unspecified atom stereocenters. The van der Waals surface area contributed by atoms with Gasteiger partial charge in [-0.2, -0.15) is 0 Å². The van der Waals surface area contributed by atoms with E-state index in [9.17, 15) is 14.9 Å². The minimum Gasteiger partial charge on any atom is -0.311 e. The zero-order valence-corrected chi connectivity index (χ0v) is 10.1. The van der Waals surface area contributed by atoms with Crippen molar-refractivity contribution in [1.29, 1.82) is 0 Å². The zero-order valence-electron chi connectivity index (χ0n) is 10.1. The molecular formula is C11H19NO4. The molecule has 0 aliphatic heterocycles. The van der Waals surface area contributed by atoms with Gasteiger partial charge in [0.25, 0.3) is 5.09 Å². The van der Waals surface area contributed by atoms with Crippen LogP contribution in [0.15, 0.2) is 0 Å². The number of hydrogen-bond donors (Lipinski definition) is 0. The third kappa shape index (κ3) is 3.47. The number of nitrogens with zero attached hydrogens (tertiary/aromatic N) is 1. The topological polar surface area (TPSA) is 69.4 Å². The molecule has 5 heteroatoms. The molecule has 0 radical (unpaired) electrons. The van der Waals surface area contributed by atoms with Gasteiger partial charge < -0.3 is 4.84 Å². The van der Waals surface area contributed by atoms with Gasteiger partial charge in [0.05, 0.1) is 0 Å². The Labute approximate surface area is 95.3 Å². The number of carbonyl (C=O) groups is 1. The van der Waals surface area contributed by atoms with Crippen LogP contribution in [-0.4, -0.2) is 17.0 Å². The predicted molar refractivity (Wildman–Crippen MR) is 58.3 cm³/mol. The van der Waals surface area contributed by atoms with Gasteiger partial charge in [-0.15, -0.1) is 10.1 Å². The smallest absolute Gasteiger partial charge is 0.294 e. The van der Waals surface area contributed by atoms with Crippen molar-refractivity contribution in [2.24, 2.45) is 11.3 Å². The molecule has 0 bridgehead atoms. The Morgan fingerprint density at radius 3 is 2.12 bits per heavy atom. The lowest BCUT2D eigenvalue weighted by atomic mass is 9.76. The molecule has 0 amide bonds. The third-order valence-corrected chi connectivity index (χ3v) is 3.02. The molecule has 1 rings (SSSR count). The van der Waals surface area contributed by atoms with Crippen molar-refractivity contribution in [3.63, 3.8) is 0 Å². The zero-order chi connectivity index (χ0) is 12.3. The van der Waals surface area contributed by atoms with E-state index in [1.165, 1.54) is 0 Å². The summed E-state index contributed by atoms with van der Waals surface area (Å²) < 4.78 is 0. The third-order valence-electron chi connectivity index (χ3n) is 3.02. The van der Waals surface area contributed by atoms with Gasteiger partial charge in [0.2, 0.25) is 0 Å². The summed E-state index contributed by atoms with van der Waals surface area (Å²) in [5.41, 5.74) is -0.318. The van der Waals surface area contributed by atoms with Gasteiger partial charge in [-0.25, -0.2) is 0 Å². The van der Waals surface area contributed by atoms with Crippen LogP contribution in [0.1, 0.15) is 46.5 Å². The molecule has 0 saturated heterocycles. The summed E-state index contributed by atoms with van der Waals surface area (Å²) in [6.45, 7) is 5.73. The van der Waals surface area contributed by atoms with Crippen molar-refractivity contribution in [1.82, 2.24) is 0 Å². The summed E-state index contributed by atoms with van der Waals surface area (Å²) in [6, 6.07) is 0. The molecule has 0 aromatic rings. The highest BCUT2D eigenvalue weighted by Gasteiger charge is 2.33. The fourth-order valence-corrected chi connectivity index (χ4v) is 2.16. The second kappa shape index (κ2) is 4.80. The molecule has 0 aromatic heterocycles. The molecule has 92 valence electrons. The first kappa shape index (κ1) is 12.9. The Morgan fingerprint density at radius 1 is 1.25 bits per heavy atom. The fourth-order valence-electron chi connectivity index (χ4n) is 2.16. The Hall–Kier alpha value is -1.13. The van der Waals surface area contributed by atoms with Crippen LogP contribution in [0.2, 0.25) is 0 Å². The van der Waals surface area contributed by atoms with Gasteiger partial charge in [-0.3, -0.25) is 4.79 Å². The molecule has 0 spiro atoms. The first-order valence-corrected chi connectivity index (χ1v) is 5.66. The van der Waals surface area contributed by atoms with E-state index in [4.69, 9.17) is 0 Å². The summed E-state index contributed by atoms with van der Waals surface area (Å²) in [5.74, 6) is 0.304. The molecule has 5 nitrogen and oxygen atoms in total. The summed E-state index contributed by atoms with van der Waals surface area (Å²) in [7, 11) is 0. The van der Waals surface area contributed by atoms with Crippen LogP contribution in [0.4, 0.5) is 0 Å². The molecule has 0 heterocycles. The molecule has 0 atom stereocenters. The van der Waals surface area contributed by atoms with Crippen LogP contribution in [-0.2, 0) is 9.63 Å². The summed E-state index contributed by atoms with van der Waals surface area (Å²) in [5, 5.41) is 9.42. The van der Waals surface area contributed by atoms with Crippen molar-refractivity contribution >= 4 is 5.78 Å². The number of Topliss-reactive ketones (excluding diaryl/α,β-unsaturated/α-hetero) is 1. The molecule has 0 N–H and O–H groups in total. The van der Waals surface area contributed by atoms with Crippen molar-refractivity contribution in [2.45, 2.75) is 52.6 Å². The van der Waals surface area contributed by atoms with Gasteiger partial charge >= 0.3 is 0 Å². The summed E-state index contributed by atoms with van der Waals surface area (Å²) in [6.07, 6.45) is 2.29. The molecule has 0 aromatic carbocycles. The molecular weight excluding hydrogens is 210 g/mol. The van der Waals surface area contributed by atoms with E-state index in [0.717, 1.165) is 0 Å². The minimum absolute atomic E-state index is 0.0478. The Kier molecular flexibility index (Phi) is 3.88. The molecule has 1 aliphatic rings. The van der Waals surface area contributed by atoms with E-state index >= 15 is 0 Å². The van der Waals surface area contributed by atoms with Gasteiger partial charge in [-0.1, -0.05) is 20.8 Å². The highest BCUT2D eigenvalue weighted by Crippen LogP contribution is 2.32. The van der Waals surface area contributed by atoms with Crippen molar-refractivity contribution in [2.75, 3.05) is 0 Å². The molecule has 16 heavy (non-hydrogen) atoms. The van der Waals surface area contributed by atoms with E-state index in [1.807, 2.05) is 20.8 Å². The van der Waals surface area contributed by atoms with Gasteiger partial charge in [0.15, 0.2) is 0 Å². The first-order valence-electron chi connectivity index (χ1n) is 5.66. The Balaban J connectivity index is 2.43. The first-order chi connectivity index (χ1) is 7.30. The average Bonchev–Trinajstić information content (AvgIpc) is 2.15. The van der Waals surface area contributed by atoms with Crippen LogP contribution in [0.25, 0.3) is 0 Å². The predicted octanol–water partition coefficient (Wildman–Crippen LogP) is 2.37. The summed E-state index contributed by atoms with van der Waals surface area (Å²) >= 11 is 0. The number of ketones is 1. The molecule has 1 saturated carbocycles. The van der Waals surface area contributed by atoms with Crippen molar-refractivity contribution in [3.8, 4) is 0 Å². The van der Waals surface area contributed by atoms with Crippen LogP contribution in [0.5, 0.6) is 0 Å². The van der Waals surface area contributed by atoms with Gasteiger partial charge in [-0.05, 0) is 25.7 Å². The number of hydrogen-bond acceptors (Lipinski definition) is 4. The van der Waals surface area contributed by atoms with Crippen LogP contribution >= 0.6 is 0 Å². The van der Waals surface area contributed by atoms with Crippen molar-refractivity contribution < 1.29 is 14.7 Å². The highest BCUT2D eigenvalue weighted by atomic mass is 17.0. The maximum atomic E-state index is 12.0. The average molecular weight is 229 g/mol. The summed E-state index contributed by atoms with van der Waals surface area (Å²) in [4.78, 5) is 26.6. The van der Waals surface area contributed by atoms with Crippen molar-refractivity contribution in [3.05, 3.63) is 10.1 Å². The van der Waals surface area contributed by atoms with Crippen LogP contribution < -0.4 is 0 Å². The maximum absolute atomic E-state index is 12.0. The quantitative estimate of drug-likeness (QED) is 0.550. The van der Waals surface area contributed by atoms with E-state index in [2.05, 4.69) is 4.84 Å². The fraction of sp³-hybridized carbons (Fsp3) is 0.909. The number of rotatable bonds is 3. The second-order valence-electron chi connectivity index (χ2n) is 5.42. The van der Waals surface area contributed by atoms with Crippen LogP contribution in [0.3, 0.4) is 0 Å². The maximum Gasteiger partial charge on any atom is 0.294 e.